The quantitative estimate of drug-likeness (QED) is 0.664. The van der Waals surface area contributed by atoms with Gasteiger partial charge < -0.3 is 5.11 Å². The van der Waals surface area contributed by atoms with E-state index in [1.165, 1.54) is 38.5 Å². The van der Waals surface area contributed by atoms with E-state index in [1.54, 1.807) is 0 Å². The Morgan fingerprint density at radius 3 is 2.56 bits per heavy atom. The summed E-state index contributed by atoms with van der Waals surface area (Å²) in [4.78, 5) is 0. The average Bonchev–Trinajstić information content (AvgIpc) is 2.28. The lowest BCUT2D eigenvalue weighted by Crippen LogP contribution is -2.40. The van der Waals surface area contributed by atoms with Crippen LogP contribution in [0.1, 0.15) is 58.3 Å². The molecule has 6 unspecified atom stereocenters. The smallest absolute Gasteiger partial charge is 0.0543 e. The van der Waals surface area contributed by atoms with Crippen molar-refractivity contribution >= 4 is 0 Å². The van der Waals surface area contributed by atoms with E-state index in [2.05, 4.69) is 6.92 Å². The van der Waals surface area contributed by atoms with E-state index >= 15 is 0 Å². The lowest BCUT2D eigenvalue weighted by atomic mass is 9.57. The fourth-order valence-electron chi connectivity index (χ4n) is 4.95. The van der Waals surface area contributed by atoms with Gasteiger partial charge in [0.15, 0.2) is 0 Å². The SMILES string of the molecule is CC1CCCC2CC3CCC(O)CC3CC12. The molecule has 3 fully saturated rings. The molecule has 1 N–H and O–H groups in total. The molecule has 0 bridgehead atoms. The van der Waals surface area contributed by atoms with Gasteiger partial charge in [-0.15, -0.1) is 0 Å². The standard InChI is InChI=1S/C15H26O/c1-10-3-2-4-12-7-11-5-6-14(16)8-13(11)9-15(10)12/h10-16H,2-9H2,1H3. The minimum Gasteiger partial charge on any atom is -0.393 e. The minimum absolute atomic E-state index is 0.0247. The van der Waals surface area contributed by atoms with Gasteiger partial charge in [-0.3, -0.25) is 0 Å². The van der Waals surface area contributed by atoms with Crippen LogP contribution in [0.2, 0.25) is 0 Å². The van der Waals surface area contributed by atoms with Gasteiger partial charge in [0, 0.05) is 0 Å². The van der Waals surface area contributed by atoms with Crippen molar-refractivity contribution in [3.05, 3.63) is 0 Å². The van der Waals surface area contributed by atoms with Crippen LogP contribution in [0.3, 0.4) is 0 Å². The van der Waals surface area contributed by atoms with E-state index in [-0.39, 0.29) is 6.10 Å². The van der Waals surface area contributed by atoms with E-state index in [1.807, 2.05) is 0 Å². The molecule has 92 valence electrons. The van der Waals surface area contributed by atoms with Crippen LogP contribution in [0.15, 0.2) is 0 Å². The second kappa shape index (κ2) is 4.33. The Hall–Kier alpha value is -0.0400. The largest absolute Gasteiger partial charge is 0.393 e. The Morgan fingerprint density at radius 1 is 0.812 bits per heavy atom. The van der Waals surface area contributed by atoms with Crippen LogP contribution in [0.4, 0.5) is 0 Å². The van der Waals surface area contributed by atoms with E-state index < -0.39 is 0 Å². The van der Waals surface area contributed by atoms with E-state index in [9.17, 15) is 5.11 Å². The second-order valence-electron chi connectivity index (χ2n) is 6.79. The molecule has 0 radical (unpaired) electrons. The first-order chi connectivity index (χ1) is 7.74. The van der Waals surface area contributed by atoms with Gasteiger partial charge in [-0.1, -0.05) is 26.2 Å². The van der Waals surface area contributed by atoms with Gasteiger partial charge in [-0.2, -0.15) is 0 Å². The summed E-state index contributed by atoms with van der Waals surface area (Å²) in [6.45, 7) is 2.47. The molecule has 1 nitrogen and oxygen atoms in total. The molecule has 0 aromatic rings. The number of aliphatic hydroxyl groups is 1. The summed E-state index contributed by atoms with van der Waals surface area (Å²) in [5.41, 5.74) is 0. The number of aliphatic hydroxyl groups excluding tert-OH is 1. The maximum absolute atomic E-state index is 9.81. The van der Waals surface area contributed by atoms with Gasteiger partial charge in [0.1, 0.15) is 0 Å². The van der Waals surface area contributed by atoms with Crippen molar-refractivity contribution in [1.29, 1.82) is 0 Å². The molecule has 1 heteroatoms. The molecule has 3 rings (SSSR count). The average molecular weight is 222 g/mol. The normalized spacial score (nSPS) is 52.9. The molecule has 0 amide bonds. The van der Waals surface area contributed by atoms with Crippen molar-refractivity contribution in [1.82, 2.24) is 0 Å². The predicted octanol–water partition coefficient (Wildman–Crippen LogP) is 3.61. The molecule has 0 saturated heterocycles. The summed E-state index contributed by atoms with van der Waals surface area (Å²) in [5, 5.41) is 9.81. The molecular weight excluding hydrogens is 196 g/mol. The first-order valence-electron chi connectivity index (χ1n) is 7.42. The molecule has 0 aliphatic heterocycles. The van der Waals surface area contributed by atoms with Gasteiger partial charge in [-0.05, 0) is 61.7 Å². The maximum Gasteiger partial charge on any atom is 0.0543 e. The molecule has 16 heavy (non-hydrogen) atoms. The van der Waals surface area contributed by atoms with E-state index in [4.69, 9.17) is 0 Å². The van der Waals surface area contributed by atoms with Crippen molar-refractivity contribution in [2.24, 2.45) is 29.6 Å². The monoisotopic (exact) mass is 222 g/mol. The zero-order chi connectivity index (χ0) is 11.1. The molecule has 3 saturated carbocycles. The van der Waals surface area contributed by atoms with Crippen LogP contribution in [-0.4, -0.2) is 11.2 Å². The summed E-state index contributed by atoms with van der Waals surface area (Å²) < 4.78 is 0. The number of rotatable bonds is 0. The van der Waals surface area contributed by atoms with Gasteiger partial charge in [-0.25, -0.2) is 0 Å². The Labute approximate surface area is 99.6 Å². The Bertz CT molecular complexity index is 250. The highest BCUT2D eigenvalue weighted by molar-refractivity contribution is 4.93. The Morgan fingerprint density at radius 2 is 1.69 bits per heavy atom. The Balaban J connectivity index is 1.70. The van der Waals surface area contributed by atoms with Crippen molar-refractivity contribution in [2.75, 3.05) is 0 Å². The summed E-state index contributed by atoms with van der Waals surface area (Å²) in [7, 11) is 0. The van der Waals surface area contributed by atoms with Gasteiger partial charge in [0.2, 0.25) is 0 Å². The number of hydrogen-bond acceptors (Lipinski definition) is 1. The van der Waals surface area contributed by atoms with Crippen LogP contribution in [0, 0.1) is 29.6 Å². The highest BCUT2D eigenvalue weighted by atomic mass is 16.3. The van der Waals surface area contributed by atoms with Crippen LogP contribution in [0.5, 0.6) is 0 Å². The van der Waals surface area contributed by atoms with Crippen molar-refractivity contribution in [3.63, 3.8) is 0 Å². The summed E-state index contributed by atoms with van der Waals surface area (Å²) in [5.74, 6) is 4.83. The zero-order valence-electron chi connectivity index (χ0n) is 10.6. The molecule has 0 spiro atoms. The van der Waals surface area contributed by atoms with E-state index in [0.29, 0.717) is 0 Å². The topological polar surface area (TPSA) is 20.2 Å². The molecule has 0 aromatic heterocycles. The summed E-state index contributed by atoms with van der Waals surface area (Å²) in [6.07, 6.45) is 10.9. The van der Waals surface area contributed by atoms with Crippen molar-refractivity contribution in [2.45, 2.75) is 64.4 Å². The second-order valence-corrected chi connectivity index (χ2v) is 6.79. The third-order valence-corrected chi connectivity index (χ3v) is 5.86. The fourth-order valence-corrected chi connectivity index (χ4v) is 4.95. The highest BCUT2D eigenvalue weighted by Gasteiger charge is 2.42. The minimum atomic E-state index is 0.0247. The van der Waals surface area contributed by atoms with Gasteiger partial charge in [0.25, 0.3) is 0 Å². The zero-order valence-corrected chi connectivity index (χ0v) is 10.6. The van der Waals surface area contributed by atoms with Crippen molar-refractivity contribution in [3.8, 4) is 0 Å². The number of hydrogen-bond donors (Lipinski definition) is 1. The molecule has 3 aliphatic rings. The molecule has 0 aromatic carbocycles. The van der Waals surface area contributed by atoms with Crippen molar-refractivity contribution < 1.29 is 5.11 Å². The molecular formula is C15H26O. The third-order valence-electron chi connectivity index (χ3n) is 5.86. The fraction of sp³-hybridized carbons (Fsp3) is 1.00. The number of fused-ring (bicyclic) bond motifs is 2. The van der Waals surface area contributed by atoms with E-state index in [0.717, 1.165) is 42.4 Å². The molecule has 6 atom stereocenters. The maximum atomic E-state index is 9.81. The molecule has 3 aliphatic carbocycles. The lowest BCUT2D eigenvalue weighted by Gasteiger charge is -2.49. The third kappa shape index (κ3) is 1.92. The van der Waals surface area contributed by atoms with Crippen LogP contribution in [0.25, 0.3) is 0 Å². The van der Waals surface area contributed by atoms with Gasteiger partial charge in [0.05, 0.1) is 6.10 Å². The Kier molecular flexibility index (Phi) is 2.99. The molecule has 0 heterocycles. The van der Waals surface area contributed by atoms with Crippen LogP contribution >= 0.6 is 0 Å². The van der Waals surface area contributed by atoms with Crippen LogP contribution < -0.4 is 0 Å². The van der Waals surface area contributed by atoms with Crippen LogP contribution in [-0.2, 0) is 0 Å². The first-order valence-corrected chi connectivity index (χ1v) is 7.42. The van der Waals surface area contributed by atoms with Gasteiger partial charge >= 0.3 is 0 Å². The first kappa shape index (κ1) is 11.1. The lowest BCUT2D eigenvalue weighted by molar-refractivity contribution is -0.0152. The summed E-state index contributed by atoms with van der Waals surface area (Å²) >= 11 is 0. The predicted molar refractivity (Wildman–Crippen MR) is 66.1 cm³/mol. The summed E-state index contributed by atoms with van der Waals surface area (Å²) in [6, 6.07) is 0. The highest BCUT2D eigenvalue weighted by Crippen LogP contribution is 2.51.